The van der Waals surface area contributed by atoms with Crippen LogP contribution in [0.2, 0.25) is 0 Å². The zero-order valence-corrected chi connectivity index (χ0v) is 30.9. The second-order valence-corrected chi connectivity index (χ2v) is 15.7. The van der Waals surface area contributed by atoms with E-state index in [0.29, 0.717) is 19.3 Å². The molecule has 0 saturated carbocycles. The van der Waals surface area contributed by atoms with Gasteiger partial charge in [-0.2, -0.15) is 0 Å². The minimum absolute atomic E-state index is 0.0433. The molecule has 0 amide bonds. The lowest BCUT2D eigenvalue weighted by Crippen LogP contribution is -2.57. The van der Waals surface area contributed by atoms with Crippen molar-refractivity contribution in [2.24, 2.45) is 35.5 Å². The second kappa shape index (κ2) is 16.0. The summed E-state index contributed by atoms with van der Waals surface area (Å²) in [6.07, 6.45) is -4.97. The molecule has 4 saturated heterocycles. The molecule has 4 fully saturated rings. The number of carbonyl (C=O) groups excluding carboxylic acids is 2. The summed E-state index contributed by atoms with van der Waals surface area (Å²) in [4.78, 5) is 29.7. The van der Waals surface area contributed by atoms with Crippen molar-refractivity contribution >= 4 is 11.8 Å². The van der Waals surface area contributed by atoms with Gasteiger partial charge in [0, 0.05) is 30.2 Å². The van der Waals surface area contributed by atoms with E-state index in [9.17, 15) is 24.9 Å². The molecule has 0 aromatic carbocycles. The SMILES string of the molecule is CC[C@H]1C[C@H](OC2[C@@H](C)C(=O)O[C@H](C)[C@H](C)[C@H](O)[C@@H](C)C(=O)[C@]3(CO3)C[C@H](C)[C@H](O[C@@H]3O[C@H](C)C[C@H](N(C)C)[C@H]3O)[C@H]2C)O[C@@H](C)[C@@H]1O. The van der Waals surface area contributed by atoms with Gasteiger partial charge in [-0.1, -0.05) is 41.0 Å². The van der Waals surface area contributed by atoms with E-state index in [1.54, 1.807) is 27.7 Å². The number of hydrogen-bond acceptors (Lipinski definition) is 12. The predicted molar refractivity (Wildman–Crippen MR) is 177 cm³/mol. The first-order chi connectivity index (χ1) is 22.4. The number of nitrogens with zero attached hydrogens (tertiary/aromatic N) is 1. The summed E-state index contributed by atoms with van der Waals surface area (Å²) in [6, 6.07) is -0.205. The van der Waals surface area contributed by atoms with Gasteiger partial charge in [-0.15, -0.1) is 0 Å². The molecule has 4 aliphatic rings. The number of hydrogen-bond donors (Lipinski definition) is 3. The summed E-state index contributed by atoms with van der Waals surface area (Å²) >= 11 is 0. The molecule has 3 N–H and O–H groups in total. The normalized spacial score (nSPS) is 49.9. The van der Waals surface area contributed by atoms with Gasteiger partial charge in [-0.3, -0.25) is 9.59 Å². The van der Waals surface area contributed by atoms with Gasteiger partial charge >= 0.3 is 5.97 Å². The Morgan fingerprint density at radius 3 is 2.04 bits per heavy atom. The second-order valence-electron chi connectivity index (χ2n) is 15.7. The number of rotatable bonds is 6. The number of esters is 1. The average Bonchev–Trinajstić information content (AvgIpc) is 3.82. The molecule has 0 radical (unpaired) electrons. The molecular weight excluding hydrogens is 622 g/mol. The van der Waals surface area contributed by atoms with E-state index in [1.165, 1.54) is 0 Å². The van der Waals surface area contributed by atoms with Gasteiger partial charge in [-0.05, 0) is 66.5 Å². The Kier molecular flexibility index (Phi) is 13.2. The predicted octanol–water partition coefficient (Wildman–Crippen LogP) is 2.92. The molecule has 12 heteroatoms. The number of aliphatic hydroxyl groups excluding tert-OH is 3. The lowest BCUT2D eigenvalue weighted by molar-refractivity contribution is -0.296. The van der Waals surface area contributed by atoms with Gasteiger partial charge in [0.25, 0.3) is 0 Å². The Balaban J connectivity index is 1.75. The topological polar surface area (TPSA) is 157 Å². The van der Waals surface area contributed by atoms with Crippen LogP contribution in [-0.4, -0.2) is 126 Å². The van der Waals surface area contributed by atoms with Crippen LogP contribution in [0.4, 0.5) is 0 Å². The smallest absolute Gasteiger partial charge is 0.311 e. The fourth-order valence-corrected chi connectivity index (χ4v) is 8.21. The Morgan fingerprint density at radius 1 is 0.812 bits per heavy atom. The van der Waals surface area contributed by atoms with E-state index in [4.69, 9.17) is 28.4 Å². The van der Waals surface area contributed by atoms with Gasteiger partial charge in [0.15, 0.2) is 24.0 Å². The Bertz CT molecular complexity index is 1090. The molecule has 18 atom stereocenters. The lowest BCUT2D eigenvalue weighted by Gasteiger charge is -2.46. The highest BCUT2D eigenvalue weighted by molar-refractivity contribution is 5.92. The highest BCUT2D eigenvalue weighted by Gasteiger charge is 2.57. The number of Topliss-reactive ketones (excluding diaryl/α,β-unsaturated/α-hetero) is 1. The molecule has 0 aromatic rings. The molecular formula is C36H63NO11. The van der Waals surface area contributed by atoms with E-state index < -0.39 is 90.5 Å². The van der Waals surface area contributed by atoms with Crippen molar-refractivity contribution in [3.8, 4) is 0 Å². The first kappa shape index (κ1) is 39.6. The van der Waals surface area contributed by atoms with Crippen molar-refractivity contribution in [2.75, 3.05) is 20.7 Å². The maximum atomic E-state index is 13.9. The number of ketones is 1. The van der Waals surface area contributed by atoms with E-state index in [1.807, 2.05) is 53.6 Å². The lowest BCUT2D eigenvalue weighted by atomic mass is 9.76. The van der Waals surface area contributed by atoms with Gasteiger partial charge < -0.3 is 48.6 Å². The summed E-state index contributed by atoms with van der Waals surface area (Å²) in [5.74, 6) is -3.60. The highest BCUT2D eigenvalue weighted by atomic mass is 16.7. The monoisotopic (exact) mass is 685 g/mol. The largest absolute Gasteiger partial charge is 0.462 e. The van der Waals surface area contributed by atoms with Crippen LogP contribution in [0.3, 0.4) is 0 Å². The summed E-state index contributed by atoms with van der Waals surface area (Å²) in [6.45, 7) is 16.9. The first-order valence-electron chi connectivity index (χ1n) is 18.1. The summed E-state index contributed by atoms with van der Waals surface area (Å²) in [7, 11) is 3.83. The molecule has 4 aliphatic heterocycles. The molecule has 278 valence electrons. The Hall–Kier alpha value is -1.22. The molecule has 1 unspecified atom stereocenters. The van der Waals surface area contributed by atoms with Crippen LogP contribution >= 0.6 is 0 Å². The maximum absolute atomic E-state index is 13.9. The van der Waals surface area contributed by atoms with Gasteiger partial charge in [0.05, 0.1) is 49.1 Å². The molecule has 0 aromatic heterocycles. The molecule has 12 nitrogen and oxygen atoms in total. The third-order valence-corrected chi connectivity index (χ3v) is 11.8. The van der Waals surface area contributed by atoms with Crippen LogP contribution in [0, 0.1) is 35.5 Å². The fourth-order valence-electron chi connectivity index (χ4n) is 8.21. The van der Waals surface area contributed by atoms with Crippen LogP contribution in [0.1, 0.15) is 88.0 Å². The van der Waals surface area contributed by atoms with E-state index in [0.717, 1.165) is 6.42 Å². The Labute approximate surface area is 287 Å². The minimum atomic E-state index is -1.08. The number of likely N-dealkylation sites (N-methyl/N-ethyl adjacent to an activating group) is 1. The van der Waals surface area contributed by atoms with Crippen molar-refractivity contribution in [1.82, 2.24) is 4.90 Å². The molecule has 0 aliphatic carbocycles. The van der Waals surface area contributed by atoms with Crippen molar-refractivity contribution in [1.29, 1.82) is 0 Å². The molecule has 4 rings (SSSR count). The third kappa shape index (κ3) is 8.45. The van der Waals surface area contributed by atoms with Gasteiger partial charge in [0.2, 0.25) is 0 Å². The maximum Gasteiger partial charge on any atom is 0.311 e. The number of carbonyl (C=O) groups is 2. The first-order valence-corrected chi connectivity index (χ1v) is 18.1. The fraction of sp³-hybridized carbons (Fsp3) is 0.944. The highest BCUT2D eigenvalue weighted by Crippen LogP contribution is 2.43. The van der Waals surface area contributed by atoms with E-state index in [2.05, 4.69) is 0 Å². The van der Waals surface area contributed by atoms with Crippen molar-refractivity contribution in [2.45, 2.75) is 161 Å². The minimum Gasteiger partial charge on any atom is -0.462 e. The zero-order valence-electron chi connectivity index (χ0n) is 30.9. The zero-order chi connectivity index (χ0) is 35.8. The van der Waals surface area contributed by atoms with Gasteiger partial charge in [-0.25, -0.2) is 0 Å². The van der Waals surface area contributed by atoms with Crippen LogP contribution in [0.15, 0.2) is 0 Å². The molecule has 4 heterocycles. The van der Waals surface area contributed by atoms with E-state index in [-0.39, 0.29) is 36.4 Å². The summed E-state index contributed by atoms with van der Waals surface area (Å²) in [5.41, 5.74) is -1.08. The summed E-state index contributed by atoms with van der Waals surface area (Å²) in [5, 5.41) is 33.5. The summed E-state index contributed by atoms with van der Waals surface area (Å²) < 4.78 is 37.7. The van der Waals surface area contributed by atoms with Crippen molar-refractivity contribution < 1.29 is 53.3 Å². The quantitative estimate of drug-likeness (QED) is 0.278. The molecule has 48 heavy (non-hydrogen) atoms. The third-order valence-electron chi connectivity index (χ3n) is 11.8. The van der Waals surface area contributed by atoms with Crippen molar-refractivity contribution in [3.05, 3.63) is 0 Å². The van der Waals surface area contributed by atoms with E-state index >= 15 is 0 Å². The standard InChI is InChI=1S/C36H63NO11/c1-12-25-14-27(45-24(9)29(25)39)47-32-21(6)31(48-35-30(40)26(37(10)11)13-18(3)44-35)17(2)15-36(16-43-36)33(41)20(5)28(38)19(4)23(8)46-34(42)22(32)7/h17-32,35,38-40H,12-16H2,1-11H3/t17-,18+,19-,20+,21+,22+,23+,24-,25-,26-,27-,28-,29-,30+,31-,32?,35-,36+/m0/s1. The number of epoxide rings is 1. The average molecular weight is 686 g/mol. The number of ether oxygens (including phenoxy) is 6. The van der Waals surface area contributed by atoms with Crippen molar-refractivity contribution in [3.63, 3.8) is 0 Å². The molecule has 0 bridgehead atoms. The van der Waals surface area contributed by atoms with Crippen LogP contribution < -0.4 is 0 Å². The molecule has 1 spiro atoms. The van der Waals surface area contributed by atoms with Gasteiger partial charge in [0.1, 0.15) is 12.2 Å². The Morgan fingerprint density at radius 2 is 1.46 bits per heavy atom. The van der Waals surface area contributed by atoms with Crippen LogP contribution in [0.5, 0.6) is 0 Å². The number of cyclic esters (lactones) is 1. The number of aliphatic hydroxyl groups is 3. The van der Waals surface area contributed by atoms with Crippen LogP contribution in [-0.2, 0) is 38.0 Å². The van der Waals surface area contributed by atoms with Crippen LogP contribution in [0.25, 0.3) is 0 Å².